The highest BCUT2D eigenvalue weighted by Gasteiger charge is 2.41. The van der Waals surface area contributed by atoms with Crippen molar-refractivity contribution < 1.29 is 17.6 Å². The van der Waals surface area contributed by atoms with Gasteiger partial charge in [0.25, 0.3) is 10.2 Å². The van der Waals surface area contributed by atoms with Crippen LogP contribution < -0.4 is 10.0 Å². The van der Waals surface area contributed by atoms with E-state index in [2.05, 4.69) is 15.1 Å². The summed E-state index contributed by atoms with van der Waals surface area (Å²) in [5, 5.41) is 6.98. The molecule has 2 aromatic heterocycles. The Hall–Kier alpha value is -2.17. The quantitative estimate of drug-likeness (QED) is 0.803. The van der Waals surface area contributed by atoms with Gasteiger partial charge < -0.3 is 9.73 Å². The first kappa shape index (κ1) is 17.6. The Balaban J connectivity index is 1.79. The Labute approximate surface area is 146 Å². The maximum Gasteiger partial charge on any atom is 0.280 e. The molecule has 25 heavy (non-hydrogen) atoms. The van der Waals surface area contributed by atoms with E-state index in [-0.39, 0.29) is 12.5 Å². The summed E-state index contributed by atoms with van der Waals surface area (Å²) < 4.78 is 35.3. The van der Waals surface area contributed by atoms with Crippen molar-refractivity contribution in [3.63, 3.8) is 0 Å². The summed E-state index contributed by atoms with van der Waals surface area (Å²) >= 11 is 0. The van der Waals surface area contributed by atoms with E-state index in [9.17, 15) is 13.2 Å². The van der Waals surface area contributed by atoms with Crippen molar-refractivity contribution in [3.8, 4) is 0 Å². The van der Waals surface area contributed by atoms with Gasteiger partial charge in [0.2, 0.25) is 5.91 Å². The second-order valence-corrected chi connectivity index (χ2v) is 7.85. The number of furan rings is 1. The molecule has 2 N–H and O–H groups in total. The van der Waals surface area contributed by atoms with E-state index in [0.717, 1.165) is 15.6 Å². The number of rotatable bonds is 4. The van der Waals surface area contributed by atoms with Crippen LogP contribution in [0.3, 0.4) is 0 Å². The van der Waals surface area contributed by atoms with Gasteiger partial charge in [-0.1, -0.05) is 0 Å². The predicted octanol–water partition coefficient (Wildman–Crippen LogP) is 0.218. The van der Waals surface area contributed by atoms with Crippen molar-refractivity contribution in [3.05, 3.63) is 41.6 Å². The summed E-state index contributed by atoms with van der Waals surface area (Å²) in [4.78, 5) is 12.6. The highest BCUT2D eigenvalue weighted by Crippen LogP contribution is 2.29. The lowest BCUT2D eigenvalue weighted by Crippen LogP contribution is -2.57. The van der Waals surface area contributed by atoms with E-state index in [0.29, 0.717) is 12.2 Å². The summed E-state index contributed by atoms with van der Waals surface area (Å²) in [5.74, 6) is 0.239. The first-order valence-corrected chi connectivity index (χ1v) is 9.27. The third kappa shape index (κ3) is 3.60. The average Bonchev–Trinajstić information content (AvgIpc) is 3.16. The van der Waals surface area contributed by atoms with Crippen molar-refractivity contribution in [2.45, 2.75) is 32.0 Å². The van der Waals surface area contributed by atoms with Crippen LogP contribution in [-0.4, -0.2) is 41.5 Å². The molecule has 9 nitrogen and oxygen atoms in total. The molecule has 2 atom stereocenters. The fourth-order valence-corrected chi connectivity index (χ4v) is 4.24. The minimum absolute atomic E-state index is 0.209. The standard InChI is InChI=1S/C15H21N5O4S/c1-10-12(9-19(2)17-10)13-7-14(20(3)25(22,23)18-13)15(21)16-8-11-5-4-6-24-11/h4-6,9,13-14,18H,7-8H2,1-3H3,(H,16,21)/t13-,14-/m1/s1. The van der Waals surface area contributed by atoms with Gasteiger partial charge in [0.1, 0.15) is 11.8 Å². The smallest absolute Gasteiger partial charge is 0.280 e. The van der Waals surface area contributed by atoms with Crippen molar-refractivity contribution in [1.82, 2.24) is 24.1 Å². The molecule has 0 saturated carbocycles. The minimum Gasteiger partial charge on any atom is -0.467 e. The van der Waals surface area contributed by atoms with Gasteiger partial charge in [0, 0.05) is 25.9 Å². The van der Waals surface area contributed by atoms with Gasteiger partial charge in [-0.25, -0.2) is 0 Å². The normalized spacial score (nSPS) is 23.5. The van der Waals surface area contributed by atoms with Crippen LogP contribution in [0.1, 0.15) is 29.5 Å². The number of amides is 1. The minimum atomic E-state index is -3.77. The Morgan fingerprint density at radius 3 is 2.84 bits per heavy atom. The Kier molecular flexibility index (Phi) is 4.67. The van der Waals surface area contributed by atoms with Crippen LogP contribution in [-0.2, 0) is 28.6 Å². The lowest BCUT2D eigenvalue weighted by molar-refractivity contribution is -0.125. The zero-order valence-corrected chi connectivity index (χ0v) is 15.1. The van der Waals surface area contributed by atoms with E-state index >= 15 is 0 Å². The van der Waals surface area contributed by atoms with Crippen LogP contribution in [0, 0.1) is 6.92 Å². The number of aryl methyl sites for hydroxylation is 2. The Morgan fingerprint density at radius 1 is 1.48 bits per heavy atom. The first-order chi connectivity index (χ1) is 11.8. The van der Waals surface area contributed by atoms with E-state index < -0.39 is 22.3 Å². The lowest BCUT2D eigenvalue weighted by atomic mass is 10.00. The maximum atomic E-state index is 12.6. The molecule has 2 aromatic rings. The second-order valence-electron chi connectivity index (χ2n) is 6.08. The molecule has 1 amide bonds. The van der Waals surface area contributed by atoms with E-state index in [1.807, 2.05) is 6.92 Å². The fraction of sp³-hybridized carbons (Fsp3) is 0.467. The number of hydrogen-bond acceptors (Lipinski definition) is 5. The van der Waals surface area contributed by atoms with Crippen molar-refractivity contribution in [2.75, 3.05) is 7.05 Å². The van der Waals surface area contributed by atoms with Gasteiger partial charge >= 0.3 is 0 Å². The molecule has 0 radical (unpaired) electrons. The lowest BCUT2D eigenvalue weighted by Gasteiger charge is -2.35. The number of carbonyl (C=O) groups excluding carboxylic acids is 1. The van der Waals surface area contributed by atoms with E-state index in [4.69, 9.17) is 4.42 Å². The Morgan fingerprint density at radius 2 is 2.24 bits per heavy atom. The summed E-state index contributed by atoms with van der Waals surface area (Å²) in [7, 11) is -0.605. The zero-order valence-electron chi connectivity index (χ0n) is 14.3. The van der Waals surface area contributed by atoms with E-state index in [1.54, 1.807) is 30.1 Å². The molecule has 136 valence electrons. The maximum absolute atomic E-state index is 12.6. The largest absolute Gasteiger partial charge is 0.467 e. The monoisotopic (exact) mass is 367 g/mol. The number of nitrogens with zero attached hydrogens (tertiary/aromatic N) is 3. The van der Waals surface area contributed by atoms with Crippen molar-refractivity contribution in [1.29, 1.82) is 0 Å². The van der Waals surface area contributed by atoms with Crippen LogP contribution in [0.4, 0.5) is 0 Å². The van der Waals surface area contributed by atoms with Gasteiger partial charge in [-0.3, -0.25) is 9.48 Å². The first-order valence-electron chi connectivity index (χ1n) is 7.83. The highest BCUT2D eigenvalue weighted by atomic mass is 32.2. The highest BCUT2D eigenvalue weighted by molar-refractivity contribution is 7.87. The van der Waals surface area contributed by atoms with Gasteiger partial charge in [-0.05, 0) is 25.5 Å². The molecule has 0 aromatic carbocycles. The number of nitrogens with one attached hydrogen (secondary N) is 2. The average molecular weight is 367 g/mol. The molecule has 1 aliphatic heterocycles. The molecule has 3 rings (SSSR count). The van der Waals surface area contributed by atoms with Crippen molar-refractivity contribution >= 4 is 16.1 Å². The van der Waals surface area contributed by atoms with Crippen LogP contribution in [0.5, 0.6) is 0 Å². The second kappa shape index (κ2) is 6.62. The van der Waals surface area contributed by atoms with Crippen molar-refractivity contribution in [2.24, 2.45) is 7.05 Å². The van der Waals surface area contributed by atoms with Crippen LogP contribution >= 0.6 is 0 Å². The summed E-state index contributed by atoms with van der Waals surface area (Å²) in [5.41, 5.74) is 1.50. The predicted molar refractivity (Wildman–Crippen MR) is 89.5 cm³/mol. The molecule has 1 aliphatic rings. The van der Waals surface area contributed by atoms with Gasteiger partial charge in [0.15, 0.2) is 0 Å². The van der Waals surface area contributed by atoms with Crippen LogP contribution in [0.25, 0.3) is 0 Å². The molecule has 0 unspecified atom stereocenters. The van der Waals surface area contributed by atoms with E-state index in [1.165, 1.54) is 13.3 Å². The zero-order chi connectivity index (χ0) is 18.2. The molecule has 1 saturated heterocycles. The van der Waals surface area contributed by atoms with Crippen LogP contribution in [0.15, 0.2) is 29.0 Å². The number of carbonyl (C=O) groups is 1. The molecule has 1 fully saturated rings. The summed E-state index contributed by atoms with van der Waals surface area (Å²) in [6, 6.07) is 2.15. The molecule has 0 aliphatic carbocycles. The van der Waals surface area contributed by atoms with Gasteiger partial charge in [0.05, 0.1) is 24.5 Å². The molecule has 0 bridgehead atoms. The third-order valence-electron chi connectivity index (χ3n) is 4.31. The summed E-state index contributed by atoms with van der Waals surface area (Å²) in [6.45, 7) is 2.02. The van der Waals surface area contributed by atoms with Crippen LogP contribution in [0.2, 0.25) is 0 Å². The van der Waals surface area contributed by atoms with Gasteiger partial charge in [-0.15, -0.1) is 0 Å². The molecule has 3 heterocycles. The number of likely N-dealkylation sites (N-methyl/N-ethyl adjacent to an activating group) is 1. The molecule has 0 spiro atoms. The third-order valence-corrected chi connectivity index (χ3v) is 5.91. The topological polar surface area (TPSA) is 109 Å². The number of aromatic nitrogens is 2. The summed E-state index contributed by atoms with van der Waals surface area (Å²) in [6.07, 6.45) is 3.60. The number of hydrogen-bond donors (Lipinski definition) is 2. The molecular weight excluding hydrogens is 346 g/mol. The van der Waals surface area contributed by atoms with Gasteiger partial charge in [-0.2, -0.15) is 22.5 Å². The fourth-order valence-electron chi connectivity index (χ4n) is 2.98. The molecular formula is C15H21N5O4S. The SMILES string of the molecule is Cc1nn(C)cc1[C@H]1C[C@H](C(=O)NCc2ccco2)N(C)S(=O)(=O)N1. The Bertz CT molecular complexity index is 859. The molecule has 10 heteroatoms.